The zero-order valence-corrected chi connectivity index (χ0v) is 14.6. The van der Waals surface area contributed by atoms with Crippen LogP contribution in [0.25, 0.3) is 10.4 Å². The molecule has 25 heavy (non-hydrogen) atoms. The van der Waals surface area contributed by atoms with E-state index in [1.165, 1.54) is 17.0 Å². The number of hydrogen-bond donors (Lipinski definition) is 1. The lowest BCUT2D eigenvalue weighted by molar-refractivity contribution is 0.0132. The molecule has 0 bridgehead atoms. The van der Waals surface area contributed by atoms with Crippen molar-refractivity contribution in [1.29, 1.82) is 0 Å². The summed E-state index contributed by atoms with van der Waals surface area (Å²) >= 11 is 1.68. The van der Waals surface area contributed by atoms with Crippen molar-refractivity contribution in [3.63, 3.8) is 0 Å². The van der Waals surface area contributed by atoms with Gasteiger partial charge in [0.2, 0.25) is 0 Å². The van der Waals surface area contributed by atoms with E-state index < -0.39 is 5.60 Å². The van der Waals surface area contributed by atoms with Gasteiger partial charge in [0, 0.05) is 29.4 Å². The van der Waals surface area contributed by atoms with E-state index in [2.05, 4.69) is 27.2 Å². The fourth-order valence-electron chi connectivity index (χ4n) is 3.12. The number of aromatic nitrogens is 2. The van der Waals surface area contributed by atoms with Crippen LogP contribution in [0, 0.1) is 12.7 Å². The summed E-state index contributed by atoms with van der Waals surface area (Å²) in [4.78, 5) is 8.66. The molecule has 1 unspecified atom stereocenters. The summed E-state index contributed by atoms with van der Waals surface area (Å²) in [6.07, 6.45) is 0.574. The fourth-order valence-corrected chi connectivity index (χ4v) is 4.17. The lowest BCUT2D eigenvalue weighted by Crippen LogP contribution is -2.30. The fraction of sp³-hybridized carbons (Fsp3) is 0.333. The van der Waals surface area contributed by atoms with Gasteiger partial charge in [-0.3, -0.25) is 4.90 Å². The highest BCUT2D eigenvalue weighted by molar-refractivity contribution is 7.15. The molecule has 1 aliphatic heterocycles. The molecule has 4 rings (SSSR count). The molecule has 0 amide bonds. The van der Waals surface area contributed by atoms with E-state index in [4.69, 9.17) is 4.52 Å². The van der Waals surface area contributed by atoms with Gasteiger partial charge in [-0.05, 0) is 43.2 Å². The molecule has 130 valence electrons. The average Bonchev–Trinajstić information content (AvgIpc) is 3.30. The Bertz CT molecular complexity index is 877. The zero-order chi connectivity index (χ0) is 17.4. The Labute approximate surface area is 148 Å². The lowest BCUT2D eigenvalue weighted by Gasteiger charge is -2.19. The predicted molar refractivity (Wildman–Crippen MR) is 92.5 cm³/mol. The molecule has 5 nitrogen and oxygen atoms in total. The average molecular weight is 359 g/mol. The standard InChI is InChI=1S/C18H18FN3O2S/c1-12-20-17(24-21-12)18(23)8-9-22(11-18)10-15-6-7-16(25-15)13-2-4-14(19)5-3-13/h2-7,23H,8-11H2,1H3. The molecule has 3 aromatic rings. The number of thiophene rings is 1. The van der Waals surface area contributed by atoms with Crippen molar-refractivity contribution in [3.05, 3.63) is 58.8 Å². The molecular weight excluding hydrogens is 341 g/mol. The van der Waals surface area contributed by atoms with Gasteiger partial charge in [0.1, 0.15) is 5.82 Å². The van der Waals surface area contributed by atoms with Gasteiger partial charge in [-0.1, -0.05) is 17.3 Å². The Morgan fingerprint density at radius 3 is 2.80 bits per heavy atom. The molecular formula is C18H18FN3O2S. The summed E-state index contributed by atoms with van der Waals surface area (Å²) in [5, 5.41) is 14.5. The maximum atomic E-state index is 13.0. The highest BCUT2D eigenvalue weighted by atomic mass is 32.1. The third-order valence-corrected chi connectivity index (χ3v) is 5.54. The Morgan fingerprint density at radius 2 is 2.08 bits per heavy atom. The highest BCUT2D eigenvalue weighted by Gasteiger charge is 2.42. The van der Waals surface area contributed by atoms with Crippen molar-refractivity contribution in [2.75, 3.05) is 13.1 Å². The molecule has 1 aliphatic rings. The number of likely N-dealkylation sites (tertiary alicyclic amines) is 1. The molecule has 1 aromatic carbocycles. The second kappa shape index (κ2) is 6.33. The molecule has 2 aromatic heterocycles. The van der Waals surface area contributed by atoms with Gasteiger partial charge < -0.3 is 9.63 Å². The van der Waals surface area contributed by atoms with Crippen LogP contribution < -0.4 is 0 Å². The number of nitrogens with zero attached hydrogens (tertiary/aromatic N) is 3. The lowest BCUT2D eigenvalue weighted by atomic mass is 10.0. The van der Waals surface area contributed by atoms with Crippen LogP contribution in [0.3, 0.4) is 0 Å². The van der Waals surface area contributed by atoms with Crippen LogP contribution in [0.5, 0.6) is 0 Å². The van der Waals surface area contributed by atoms with Crippen molar-refractivity contribution in [1.82, 2.24) is 15.0 Å². The van der Waals surface area contributed by atoms with Crippen molar-refractivity contribution >= 4 is 11.3 Å². The minimum Gasteiger partial charge on any atom is -0.379 e. The maximum absolute atomic E-state index is 13.0. The molecule has 1 atom stereocenters. The summed E-state index contributed by atoms with van der Waals surface area (Å²) in [5.74, 6) is 0.600. The van der Waals surface area contributed by atoms with Gasteiger partial charge in [-0.2, -0.15) is 4.98 Å². The van der Waals surface area contributed by atoms with Gasteiger partial charge in [-0.15, -0.1) is 11.3 Å². The van der Waals surface area contributed by atoms with Crippen LogP contribution in [0.15, 0.2) is 40.9 Å². The Hall–Kier alpha value is -2.09. The van der Waals surface area contributed by atoms with E-state index in [0.29, 0.717) is 24.7 Å². The summed E-state index contributed by atoms with van der Waals surface area (Å²) in [6.45, 7) is 3.73. The first-order chi connectivity index (χ1) is 12.0. The second-order valence-electron chi connectivity index (χ2n) is 6.41. The van der Waals surface area contributed by atoms with Gasteiger partial charge in [-0.25, -0.2) is 4.39 Å². The second-order valence-corrected chi connectivity index (χ2v) is 7.58. The van der Waals surface area contributed by atoms with Crippen molar-refractivity contribution in [2.45, 2.75) is 25.5 Å². The molecule has 0 spiro atoms. The molecule has 0 radical (unpaired) electrons. The van der Waals surface area contributed by atoms with Gasteiger partial charge >= 0.3 is 0 Å². The van der Waals surface area contributed by atoms with Crippen molar-refractivity contribution in [2.24, 2.45) is 0 Å². The number of rotatable bonds is 4. The minimum absolute atomic E-state index is 0.229. The van der Waals surface area contributed by atoms with E-state index in [0.717, 1.165) is 23.5 Å². The largest absolute Gasteiger partial charge is 0.379 e. The van der Waals surface area contributed by atoms with Gasteiger partial charge in [0.05, 0.1) is 0 Å². The normalized spacial score (nSPS) is 21.1. The number of halogens is 1. The zero-order valence-electron chi connectivity index (χ0n) is 13.8. The number of benzene rings is 1. The molecule has 1 fully saturated rings. The van der Waals surface area contributed by atoms with E-state index >= 15 is 0 Å². The van der Waals surface area contributed by atoms with Crippen LogP contribution in [0.4, 0.5) is 4.39 Å². The van der Waals surface area contributed by atoms with Crippen molar-refractivity contribution in [3.8, 4) is 10.4 Å². The number of hydrogen-bond acceptors (Lipinski definition) is 6. The Morgan fingerprint density at radius 1 is 1.28 bits per heavy atom. The molecule has 1 N–H and O–H groups in total. The Balaban J connectivity index is 1.44. The number of β-amino-alcohol motifs (C(OH)–C–C–N with tert-alkyl or cyclic N) is 1. The minimum atomic E-state index is -1.07. The molecule has 3 heterocycles. The Kier molecular flexibility index (Phi) is 4.15. The molecule has 0 aliphatic carbocycles. The van der Waals surface area contributed by atoms with Crippen LogP contribution in [0.1, 0.15) is 23.0 Å². The van der Waals surface area contributed by atoms with Gasteiger partial charge in [0.15, 0.2) is 11.4 Å². The van der Waals surface area contributed by atoms with Crippen LogP contribution in [-0.2, 0) is 12.1 Å². The monoisotopic (exact) mass is 359 g/mol. The summed E-state index contributed by atoms with van der Waals surface area (Å²) in [5.41, 5.74) is -0.0601. The summed E-state index contributed by atoms with van der Waals surface area (Å²) in [7, 11) is 0. The molecule has 1 saturated heterocycles. The summed E-state index contributed by atoms with van der Waals surface area (Å²) < 4.78 is 18.2. The smallest absolute Gasteiger partial charge is 0.259 e. The van der Waals surface area contributed by atoms with E-state index in [-0.39, 0.29) is 5.82 Å². The van der Waals surface area contributed by atoms with E-state index in [1.807, 2.05) is 0 Å². The van der Waals surface area contributed by atoms with E-state index in [9.17, 15) is 9.50 Å². The SMILES string of the molecule is Cc1noc(C2(O)CCN(Cc3ccc(-c4ccc(F)cc4)s3)C2)n1. The van der Waals surface area contributed by atoms with Crippen LogP contribution in [-0.4, -0.2) is 33.2 Å². The predicted octanol–water partition coefficient (Wildman–Crippen LogP) is 3.34. The quantitative estimate of drug-likeness (QED) is 0.774. The first kappa shape index (κ1) is 16.4. The first-order valence-corrected chi connectivity index (χ1v) is 8.94. The van der Waals surface area contributed by atoms with Crippen LogP contribution >= 0.6 is 11.3 Å². The van der Waals surface area contributed by atoms with Gasteiger partial charge in [0.25, 0.3) is 5.89 Å². The van der Waals surface area contributed by atoms with Crippen molar-refractivity contribution < 1.29 is 14.0 Å². The topological polar surface area (TPSA) is 62.4 Å². The maximum Gasteiger partial charge on any atom is 0.259 e. The van der Waals surface area contributed by atoms with E-state index in [1.54, 1.807) is 30.4 Å². The van der Waals surface area contributed by atoms with Crippen LogP contribution in [0.2, 0.25) is 0 Å². The number of aliphatic hydroxyl groups is 1. The highest BCUT2D eigenvalue weighted by Crippen LogP contribution is 2.34. The molecule has 0 saturated carbocycles. The number of aryl methyl sites for hydroxylation is 1. The summed E-state index contributed by atoms with van der Waals surface area (Å²) in [6, 6.07) is 10.7. The first-order valence-electron chi connectivity index (χ1n) is 8.12. The third-order valence-electron chi connectivity index (χ3n) is 4.42. The third kappa shape index (κ3) is 3.35. The molecule has 7 heteroatoms.